The maximum absolute atomic E-state index is 11.0. The van der Waals surface area contributed by atoms with Crippen molar-refractivity contribution in [3.05, 3.63) is 88.5 Å². The number of fused-ring (bicyclic) bond motifs is 1. The Morgan fingerprint density at radius 2 is 1.27 bits per heavy atom. The summed E-state index contributed by atoms with van der Waals surface area (Å²) in [5, 5.41) is 12.9. The molecule has 3 aromatic rings. The van der Waals surface area contributed by atoms with Crippen LogP contribution in [-0.2, 0) is 0 Å². The molecule has 26 heavy (non-hydrogen) atoms. The van der Waals surface area contributed by atoms with Gasteiger partial charge in [0.15, 0.2) is 0 Å². The maximum atomic E-state index is 11.0. The zero-order valence-corrected chi connectivity index (χ0v) is 15.8. The van der Waals surface area contributed by atoms with Crippen molar-refractivity contribution < 1.29 is 5.11 Å². The first-order valence-electron chi connectivity index (χ1n) is 9.16. The van der Waals surface area contributed by atoms with Crippen LogP contribution in [-0.4, -0.2) is 5.11 Å². The average Bonchev–Trinajstić information content (AvgIpc) is 2.85. The first-order chi connectivity index (χ1) is 12.5. The molecule has 1 aliphatic rings. The Labute approximate surface area is 155 Å². The zero-order valence-electron chi connectivity index (χ0n) is 15.8. The molecule has 3 aromatic carbocycles. The molecule has 1 heteroatoms. The molecule has 4 rings (SSSR count). The van der Waals surface area contributed by atoms with E-state index in [0.717, 1.165) is 21.9 Å². The third-order valence-electron chi connectivity index (χ3n) is 6.07. The minimum atomic E-state index is 0.289. The largest absolute Gasteiger partial charge is 0.507 e. The van der Waals surface area contributed by atoms with E-state index in [-0.39, 0.29) is 5.92 Å². The lowest BCUT2D eigenvalue weighted by Crippen LogP contribution is -2.02. The summed E-state index contributed by atoms with van der Waals surface area (Å²) in [6.45, 7) is 8.89. The van der Waals surface area contributed by atoms with Crippen LogP contribution in [0.3, 0.4) is 0 Å². The highest BCUT2D eigenvalue weighted by molar-refractivity contribution is 5.95. The molecule has 0 spiro atoms. The highest BCUT2D eigenvalue weighted by atomic mass is 16.3. The van der Waals surface area contributed by atoms with Crippen molar-refractivity contribution in [2.24, 2.45) is 0 Å². The van der Waals surface area contributed by atoms with Gasteiger partial charge >= 0.3 is 0 Å². The molecule has 0 bridgehead atoms. The Kier molecular flexibility index (Phi) is 3.96. The predicted octanol–water partition coefficient (Wildman–Crippen LogP) is 6.98. The number of benzene rings is 3. The molecule has 0 saturated carbocycles. The van der Waals surface area contributed by atoms with Crippen molar-refractivity contribution in [1.82, 2.24) is 0 Å². The topological polar surface area (TPSA) is 20.2 Å². The smallest absolute Gasteiger partial charge is 0.131 e. The van der Waals surface area contributed by atoms with Gasteiger partial charge in [-0.05, 0) is 55.4 Å². The van der Waals surface area contributed by atoms with Gasteiger partial charge in [0, 0.05) is 16.9 Å². The second-order valence-corrected chi connectivity index (χ2v) is 7.32. The van der Waals surface area contributed by atoms with Gasteiger partial charge in [-0.25, -0.2) is 0 Å². The van der Waals surface area contributed by atoms with E-state index in [1.54, 1.807) is 0 Å². The summed E-state index contributed by atoms with van der Waals surface area (Å²) in [7, 11) is 0. The van der Waals surface area contributed by atoms with E-state index in [1.807, 2.05) is 30.3 Å². The Hall–Kier alpha value is -2.80. The highest BCUT2D eigenvalue weighted by Crippen LogP contribution is 2.47. The molecule has 0 heterocycles. The van der Waals surface area contributed by atoms with Gasteiger partial charge in [0.2, 0.25) is 0 Å². The fourth-order valence-corrected chi connectivity index (χ4v) is 4.28. The monoisotopic (exact) mass is 340 g/mol. The van der Waals surface area contributed by atoms with Crippen LogP contribution >= 0.6 is 0 Å². The molecule has 0 saturated heterocycles. The van der Waals surface area contributed by atoms with Gasteiger partial charge < -0.3 is 5.11 Å². The predicted molar refractivity (Wildman–Crippen MR) is 111 cm³/mol. The van der Waals surface area contributed by atoms with E-state index in [0.29, 0.717) is 5.75 Å². The van der Waals surface area contributed by atoms with Crippen LogP contribution < -0.4 is 0 Å². The van der Waals surface area contributed by atoms with Crippen molar-refractivity contribution >= 4 is 10.8 Å². The molecule has 1 nitrogen and oxygen atoms in total. The lowest BCUT2D eigenvalue weighted by atomic mass is 9.83. The zero-order chi connectivity index (χ0) is 18.4. The van der Waals surface area contributed by atoms with Crippen LogP contribution in [0.15, 0.2) is 83.0 Å². The third-order valence-corrected chi connectivity index (χ3v) is 6.07. The van der Waals surface area contributed by atoms with Gasteiger partial charge in [-0.15, -0.1) is 0 Å². The van der Waals surface area contributed by atoms with Crippen LogP contribution in [0, 0.1) is 0 Å². The average molecular weight is 340 g/mol. The van der Waals surface area contributed by atoms with Gasteiger partial charge in [0.1, 0.15) is 5.75 Å². The van der Waals surface area contributed by atoms with Crippen LogP contribution in [0.1, 0.15) is 39.2 Å². The van der Waals surface area contributed by atoms with E-state index in [2.05, 4.69) is 58.0 Å². The van der Waals surface area contributed by atoms with Crippen molar-refractivity contribution in [2.75, 3.05) is 0 Å². The molecular weight excluding hydrogens is 316 g/mol. The molecule has 1 aliphatic carbocycles. The molecule has 0 radical (unpaired) electrons. The van der Waals surface area contributed by atoms with E-state index in [9.17, 15) is 5.11 Å². The quantitative estimate of drug-likeness (QED) is 0.533. The number of phenolic OH excluding ortho intramolecular Hbond substituents is 1. The summed E-state index contributed by atoms with van der Waals surface area (Å²) < 4.78 is 0. The second kappa shape index (κ2) is 6.17. The van der Waals surface area contributed by atoms with E-state index in [4.69, 9.17) is 0 Å². The van der Waals surface area contributed by atoms with Crippen molar-refractivity contribution in [1.29, 1.82) is 0 Å². The molecule has 0 aliphatic heterocycles. The summed E-state index contributed by atoms with van der Waals surface area (Å²) in [5.74, 6) is 0.655. The number of allylic oxidation sites excluding steroid dienone is 4. The molecule has 0 fully saturated rings. The number of hydrogen-bond acceptors (Lipinski definition) is 1. The van der Waals surface area contributed by atoms with E-state index in [1.165, 1.54) is 27.9 Å². The summed E-state index contributed by atoms with van der Waals surface area (Å²) in [6.07, 6.45) is 0. The number of aromatic hydroxyl groups is 1. The molecule has 0 amide bonds. The number of rotatable bonds is 2. The van der Waals surface area contributed by atoms with E-state index >= 15 is 0 Å². The Morgan fingerprint density at radius 3 is 2.00 bits per heavy atom. The lowest BCUT2D eigenvalue weighted by molar-refractivity contribution is 0.483. The molecule has 0 unspecified atom stereocenters. The molecule has 0 atom stereocenters. The molecule has 130 valence electrons. The molecular formula is C25H24O. The van der Waals surface area contributed by atoms with Gasteiger partial charge in [-0.3, -0.25) is 0 Å². The summed E-state index contributed by atoms with van der Waals surface area (Å²) >= 11 is 0. The lowest BCUT2D eigenvalue weighted by Gasteiger charge is -2.21. The van der Waals surface area contributed by atoms with Crippen LogP contribution in [0.25, 0.3) is 21.9 Å². The van der Waals surface area contributed by atoms with E-state index < -0.39 is 0 Å². The first-order valence-corrected chi connectivity index (χ1v) is 9.16. The maximum Gasteiger partial charge on any atom is 0.131 e. The number of phenols is 1. The standard InChI is InChI=1S/C25H24O/c1-15-16(2)18(4)24(17(15)3)22-12-8-7-11-21(22)23-14-13-19-9-5-6-10-20(19)25(23)26/h5-14,24,26H,1-4H3. The Bertz CT molecular complexity index is 1060. The van der Waals surface area contributed by atoms with Crippen molar-refractivity contribution in [3.8, 4) is 16.9 Å². The SMILES string of the molecule is CC1=C(C)C(c2ccccc2-c2ccc3ccccc3c2O)C(C)=C1C. The molecule has 1 N–H and O–H groups in total. The molecule has 0 aromatic heterocycles. The Morgan fingerprint density at radius 1 is 0.654 bits per heavy atom. The minimum absolute atomic E-state index is 0.289. The Balaban J connectivity index is 1.95. The summed E-state index contributed by atoms with van der Waals surface area (Å²) in [6, 6.07) is 20.6. The summed E-state index contributed by atoms with van der Waals surface area (Å²) in [4.78, 5) is 0. The van der Waals surface area contributed by atoms with Gasteiger partial charge in [-0.2, -0.15) is 0 Å². The van der Waals surface area contributed by atoms with Crippen LogP contribution in [0.4, 0.5) is 0 Å². The second-order valence-electron chi connectivity index (χ2n) is 7.32. The van der Waals surface area contributed by atoms with Gasteiger partial charge in [0.05, 0.1) is 0 Å². The van der Waals surface area contributed by atoms with Crippen LogP contribution in [0.2, 0.25) is 0 Å². The minimum Gasteiger partial charge on any atom is -0.507 e. The fraction of sp³-hybridized carbons (Fsp3) is 0.200. The highest BCUT2D eigenvalue weighted by Gasteiger charge is 2.28. The fourth-order valence-electron chi connectivity index (χ4n) is 4.28. The normalized spacial score (nSPS) is 15.4. The first kappa shape index (κ1) is 16.7. The van der Waals surface area contributed by atoms with Crippen LogP contribution in [0.5, 0.6) is 5.75 Å². The third kappa shape index (κ3) is 2.39. The van der Waals surface area contributed by atoms with Gasteiger partial charge in [-0.1, -0.05) is 71.8 Å². The van der Waals surface area contributed by atoms with Gasteiger partial charge in [0.25, 0.3) is 0 Å². The van der Waals surface area contributed by atoms with Crippen molar-refractivity contribution in [3.63, 3.8) is 0 Å². The van der Waals surface area contributed by atoms with Crippen molar-refractivity contribution in [2.45, 2.75) is 33.6 Å². The number of hydrogen-bond donors (Lipinski definition) is 1. The summed E-state index contributed by atoms with van der Waals surface area (Å²) in [5.41, 5.74) is 8.89.